The van der Waals surface area contributed by atoms with E-state index >= 15 is 0 Å². The first kappa shape index (κ1) is 14.6. The number of alkyl halides is 1. The molecule has 0 aliphatic carbocycles. The molecule has 0 atom stereocenters. The second-order valence-corrected chi connectivity index (χ2v) is 5.30. The Balaban J connectivity index is 3.19. The number of carbonyl (C=O) groups is 1. The van der Waals surface area contributed by atoms with Crippen LogP contribution in [0, 0.1) is 10.1 Å². The summed E-state index contributed by atoms with van der Waals surface area (Å²) in [7, 11) is 0. The van der Waals surface area contributed by atoms with Gasteiger partial charge in [-0.15, -0.1) is 0 Å². The summed E-state index contributed by atoms with van der Waals surface area (Å²) in [5, 5.41) is 11.4. The molecule has 0 aliphatic heterocycles. The van der Waals surface area contributed by atoms with E-state index in [-0.39, 0.29) is 11.3 Å². The van der Waals surface area contributed by atoms with Gasteiger partial charge in [-0.05, 0) is 32.4 Å². The molecule has 0 radical (unpaired) electrons. The molecule has 0 bridgehead atoms. The highest BCUT2D eigenvalue weighted by molar-refractivity contribution is 9.08. The summed E-state index contributed by atoms with van der Waals surface area (Å²) in [5.41, 5.74) is -0.169. The normalized spacial score (nSPS) is 11.1. The Bertz CT molecular complexity index is 479. The zero-order chi connectivity index (χ0) is 13.9. The Hall–Kier alpha value is -1.43. The van der Waals surface area contributed by atoms with Gasteiger partial charge in [0.15, 0.2) is 0 Å². The predicted octanol–water partition coefficient (Wildman–Crippen LogP) is 3.45. The molecule has 0 heterocycles. The van der Waals surface area contributed by atoms with Crippen LogP contribution in [0.15, 0.2) is 18.2 Å². The van der Waals surface area contributed by atoms with Crippen LogP contribution in [0.5, 0.6) is 0 Å². The third kappa shape index (κ3) is 3.80. The fourth-order valence-corrected chi connectivity index (χ4v) is 1.67. The maximum absolute atomic E-state index is 11.9. The fraction of sp³-hybridized carbons (Fsp3) is 0.417. The van der Waals surface area contributed by atoms with E-state index in [0.29, 0.717) is 5.33 Å². The zero-order valence-corrected chi connectivity index (χ0v) is 12.0. The van der Waals surface area contributed by atoms with Gasteiger partial charge in [-0.25, -0.2) is 4.79 Å². The molecule has 0 spiro atoms. The number of nitro groups is 1. The van der Waals surface area contributed by atoms with Gasteiger partial charge in [0, 0.05) is 11.4 Å². The number of nitro benzene ring substituents is 1. The lowest BCUT2D eigenvalue weighted by Gasteiger charge is -2.19. The number of benzene rings is 1. The van der Waals surface area contributed by atoms with Gasteiger partial charge in [0.2, 0.25) is 0 Å². The molecule has 1 rings (SSSR count). The molecule has 1 aromatic rings. The molecule has 0 saturated carbocycles. The number of rotatable bonds is 3. The standard InChI is InChI=1S/C12H14BrNO4/c1-12(2,3)18-11(15)9-6-8(7-13)4-5-10(9)14(16)17/h4-6H,7H2,1-3H3. The van der Waals surface area contributed by atoms with Crippen molar-refractivity contribution in [2.75, 3.05) is 0 Å². The van der Waals surface area contributed by atoms with Crippen molar-refractivity contribution >= 4 is 27.6 Å². The zero-order valence-electron chi connectivity index (χ0n) is 10.4. The van der Waals surface area contributed by atoms with E-state index in [1.54, 1.807) is 26.8 Å². The highest BCUT2D eigenvalue weighted by Gasteiger charge is 2.25. The Kier molecular flexibility index (Phi) is 4.45. The van der Waals surface area contributed by atoms with E-state index in [0.717, 1.165) is 5.56 Å². The Labute approximate surface area is 113 Å². The van der Waals surface area contributed by atoms with Crippen LogP contribution in [0.3, 0.4) is 0 Å². The van der Waals surface area contributed by atoms with Crippen molar-refractivity contribution in [2.24, 2.45) is 0 Å². The van der Waals surface area contributed by atoms with Crippen LogP contribution >= 0.6 is 15.9 Å². The van der Waals surface area contributed by atoms with E-state index < -0.39 is 16.5 Å². The van der Waals surface area contributed by atoms with Crippen molar-refractivity contribution in [1.29, 1.82) is 0 Å². The van der Waals surface area contributed by atoms with E-state index in [2.05, 4.69) is 15.9 Å². The maximum atomic E-state index is 11.9. The second-order valence-electron chi connectivity index (χ2n) is 4.74. The van der Waals surface area contributed by atoms with Crippen molar-refractivity contribution in [2.45, 2.75) is 31.7 Å². The summed E-state index contributed by atoms with van der Waals surface area (Å²) in [6, 6.07) is 4.39. The number of hydrogen-bond donors (Lipinski definition) is 0. The van der Waals surface area contributed by atoms with Crippen LogP contribution in [0.1, 0.15) is 36.7 Å². The van der Waals surface area contributed by atoms with Gasteiger partial charge >= 0.3 is 5.97 Å². The molecule has 1 aromatic carbocycles. The van der Waals surface area contributed by atoms with Crippen LogP contribution in [0.25, 0.3) is 0 Å². The van der Waals surface area contributed by atoms with E-state index in [1.807, 2.05) is 0 Å². The van der Waals surface area contributed by atoms with Crippen molar-refractivity contribution in [3.63, 3.8) is 0 Å². The second kappa shape index (κ2) is 5.48. The predicted molar refractivity (Wildman–Crippen MR) is 70.9 cm³/mol. The minimum atomic E-state index is -0.685. The summed E-state index contributed by atoms with van der Waals surface area (Å²) < 4.78 is 5.16. The lowest BCUT2D eigenvalue weighted by atomic mass is 10.1. The van der Waals surface area contributed by atoms with Crippen LogP contribution in [-0.2, 0) is 10.1 Å². The average molecular weight is 316 g/mol. The summed E-state index contributed by atoms with van der Waals surface area (Å²) in [5.74, 6) is -0.683. The molecule has 6 heteroatoms. The van der Waals surface area contributed by atoms with Crippen molar-refractivity contribution < 1.29 is 14.5 Å². The topological polar surface area (TPSA) is 69.4 Å². The minimum Gasteiger partial charge on any atom is -0.456 e. The molecule has 0 N–H and O–H groups in total. The number of halogens is 1. The fourth-order valence-electron chi connectivity index (χ4n) is 1.32. The molecule has 5 nitrogen and oxygen atoms in total. The highest BCUT2D eigenvalue weighted by atomic mass is 79.9. The molecule has 18 heavy (non-hydrogen) atoms. The summed E-state index contributed by atoms with van der Waals surface area (Å²) >= 11 is 3.24. The number of nitrogens with zero attached hydrogens (tertiary/aromatic N) is 1. The Morgan fingerprint density at radius 3 is 2.50 bits per heavy atom. The van der Waals surface area contributed by atoms with E-state index in [1.165, 1.54) is 12.1 Å². The maximum Gasteiger partial charge on any atom is 0.345 e. The lowest BCUT2D eigenvalue weighted by molar-refractivity contribution is -0.385. The summed E-state index contributed by atoms with van der Waals surface area (Å²) in [6.07, 6.45) is 0. The molecule has 0 fully saturated rings. The van der Waals surface area contributed by atoms with Gasteiger partial charge < -0.3 is 4.74 Å². The monoisotopic (exact) mass is 315 g/mol. The van der Waals surface area contributed by atoms with Crippen LogP contribution in [0.2, 0.25) is 0 Å². The van der Waals surface area contributed by atoms with E-state index in [4.69, 9.17) is 4.74 Å². The van der Waals surface area contributed by atoms with Crippen molar-refractivity contribution in [1.82, 2.24) is 0 Å². The van der Waals surface area contributed by atoms with Crippen molar-refractivity contribution in [3.05, 3.63) is 39.4 Å². The lowest BCUT2D eigenvalue weighted by Crippen LogP contribution is -2.24. The number of ether oxygens (including phenoxy) is 1. The first-order valence-electron chi connectivity index (χ1n) is 5.31. The van der Waals surface area contributed by atoms with Gasteiger partial charge in [-0.2, -0.15) is 0 Å². The van der Waals surface area contributed by atoms with Gasteiger partial charge in [0.25, 0.3) is 5.69 Å². The number of hydrogen-bond acceptors (Lipinski definition) is 4. The Morgan fingerprint density at radius 1 is 1.44 bits per heavy atom. The third-order valence-corrected chi connectivity index (χ3v) is 2.68. The van der Waals surface area contributed by atoms with Gasteiger partial charge in [-0.1, -0.05) is 22.0 Å². The molecule has 0 unspecified atom stereocenters. The summed E-state index contributed by atoms with van der Waals surface area (Å²) in [4.78, 5) is 22.2. The molecule has 0 saturated heterocycles. The van der Waals surface area contributed by atoms with Crippen molar-refractivity contribution in [3.8, 4) is 0 Å². The van der Waals surface area contributed by atoms with E-state index in [9.17, 15) is 14.9 Å². The smallest absolute Gasteiger partial charge is 0.345 e. The number of esters is 1. The molecular weight excluding hydrogens is 302 g/mol. The van der Waals surface area contributed by atoms with Gasteiger partial charge in [-0.3, -0.25) is 10.1 Å². The third-order valence-electron chi connectivity index (χ3n) is 2.03. The SMILES string of the molecule is CC(C)(C)OC(=O)c1cc(CBr)ccc1[N+](=O)[O-]. The Morgan fingerprint density at radius 2 is 2.06 bits per heavy atom. The molecular formula is C12H14BrNO4. The van der Waals surface area contributed by atoms with Crippen LogP contribution in [0.4, 0.5) is 5.69 Å². The minimum absolute atomic E-state index is 0.0214. The van der Waals surface area contributed by atoms with Gasteiger partial charge in [0.1, 0.15) is 11.2 Å². The largest absolute Gasteiger partial charge is 0.456 e. The highest BCUT2D eigenvalue weighted by Crippen LogP contribution is 2.24. The van der Waals surface area contributed by atoms with Crippen LogP contribution in [-0.4, -0.2) is 16.5 Å². The molecule has 98 valence electrons. The average Bonchev–Trinajstić information content (AvgIpc) is 2.25. The first-order valence-corrected chi connectivity index (χ1v) is 6.43. The first-order chi connectivity index (χ1) is 8.24. The van der Waals surface area contributed by atoms with Gasteiger partial charge in [0.05, 0.1) is 4.92 Å². The van der Waals surface area contributed by atoms with Crippen LogP contribution < -0.4 is 0 Å². The quantitative estimate of drug-likeness (QED) is 0.371. The molecule has 0 aromatic heterocycles. The number of carbonyl (C=O) groups excluding carboxylic acids is 1. The summed E-state index contributed by atoms with van der Waals surface area (Å²) in [6.45, 7) is 5.14. The molecule has 0 amide bonds. The molecule has 0 aliphatic rings.